The van der Waals surface area contributed by atoms with Crippen LogP contribution in [0.5, 0.6) is 0 Å². The van der Waals surface area contributed by atoms with E-state index in [1.54, 1.807) is 0 Å². The summed E-state index contributed by atoms with van der Waals surface area (Å²) in [6.45, 7) is -0.695. The van der Waals surface area contributed by atoms with E-state index >= 15 is 0 Å². The zero-order chi connectivity index (χ0) is 25.5. The molecule has 2 amide bonds. The third-order valence-electron chi connectivity index (χ3n) is 4.79. The predicted octanol–water partition coefficient (Wildman–Crippen LogP) is -0.0942. The molecule has 35 heavy (non-hydrogen) atoms. The van der Waals surface area contributed by atoms with Crippen molar-refractivity contribution in [2.24, 2.45) is 0 Å². The summed E-state index contributed by atoms with van der Waals surface area (Å²) in [6.07, 6.45) is -0.0854. The first-order chi connectivity index (χ1) is 15.9. The summed E-state index contributed by atoms with van der Waals surface area (Å²) in [5.41, 5.74) is 0.228. The molecule has 2 N–H and O–H groups in total. The van der Waals surface area contributed by atoms with Crippen molar-refractivity contribution in [3.8, 4) is 0 Å². The first kappa shape index (κ1) is 30.6. The Morgan fingerprint density at radius 3 is 2.31 bits per heavy atom. The number of hydroxylamine groups is 2. The number of hydrogen-bond donors (Lipinski definition) is 2. The maximum atomic E-state index is 11.8. The van der Waals surface area contributed by atoms with E-state index in [4.69, 9.17) is 14.4 Å². The second kappa shape index (κ2) is 13.6. The molecule has 1 atom stereocenters. The molecule has 0 radical (unpaired) electrons. The number of benzene rings is 1. The Kier molecular flexibility index (Phi) is 11.9. The number of aliphatic hydroxyl groups is 1. The fraction of sp³-hybridized carbons (Fsp3) is 0.474. The van der Waals surface area contributed by atoms with Crippen molar-refractivity contribution in [2.75, 3.05) is 0 Å². The average Bonchev–Trinajstić information content (AvgIpc) is 3.05. The zero-order valence-corrected chi connectivity index (χ0v) is 18.6. The Balaban J connectivity index is 0.00000612. The van der Waals surface area contributed by atoms with Crippen LogP contribution in [0.2, 0.25) is 0 Å². The molecule has 14 nitrogen and oxygen atoms in total. The van der Waals surface area contributed by atoms with Gasteiger partial charge in [-0.25, -0.2) is 4.79 Å². The van der Waals surface area contributed by atoms with Gasteiger partial charge in [0, 0.05) is 18.9 Å². The number of carbonyl (C=O) groups is 4. The number of nitro benzene ring substituents is 1. The summed E-state index contributed by atoms with van der Waals surface area (Å²) < 4.78 is 36.1. The number of carbonyl (C=O) groups excluding carboxylic acids is 4. The number of amides is 2. The number of rotatable bonds is 12. The van der Waals surface area contributed by atoms with Gasteiger partial charge in [0.1, 0.15) is 6.61 Å². The van der Waals surface area contributed by atoms with Gasteiger partial charge in [0.25, 0.3) is 27.6 Å². The standard InChI is InChI=1S/C19H22N2O12S.Na.H/c22-10-13-7-6-12(8-14(13)21(27)28)11-32-17(24)4-2-1-3-5-18(25)33-20-16(23)9-15(19(20)26)34(29,30)31;;/h6-8,15,22H,1-5,9-11H2,(H,29,30,31);;. The number of ether oxygens (including phenoxy) is 1. The van der Waals surface area contributed by atoms with Gasteiger partial charge in [-0.2, -0.15) is 8.42 Å². The van der Waals surface area contributed by atoms with Crippen LogP contribution < -0.4 is 0 Å². The van der Waals surface area contributed by atoms with Gasteiger partial charge in [0.05, 0.1) is 23.5 Å². The average molecular weight is 526 g/mol. The van der Waals surface area contributed by atoms with Crippen molar-refractivity contribution in [3.63, 3.8) is 0 Å². The molecule has 0 spiro atoms. The molecule has 2 rings (SSSR count). The Morgan fingerprint density at radius 1 is 1.14 bits per heavy atom. The number of imide groups is 1. The van der Waals surface area contributed by atoms with E-state index in [1.165, 1.54) is 18.2 Å². The number of unbranched alkanes of at least 4 members (excludes halogenated alkanes) is 2. The van der Waals surface area contributed by atoms with Gasteiger partial charge in [-0.1, -0.05) is 12.5 Å². The molecular formula is C19H23N2NaO12S. The molecule has 16 heteroatoms. The van der Waals surface area contributed by atoms with E-state index in [-0.39, 0.29) is 71.7 Å². The Hall–Kier alpha value is -2.43. The van der Waals surface area contributed by atoms with Gasteiger partial charge >= 0.3 is 41.5 Å². The van der Waals surface area contributed by atoms with Gasteiger partial charge < -0.3 is 14.7 Å². The monoisotopic (exact) mass is 526 g/mol. The Labute approximate surface area is 221 Å². The topological polar surface area (TPSA) is 208 Å². The van der Waals surface area contributed by atoms with Crippen LogP contribution in [-0.4, -0.2) is 86.6 Å². The molecule has 1 aromatic rings. The molecule has 0 bridgehead atoms. The molecule has 1 aliphatic heterocycles. The van der Waals surface area contributed by atoms with E-state index in [0.29, 0.717) is 18.4 Å². The molecule has 0 aliphatic carbocycles. The third-order valence-corrected chi connectivity index (χ3v) is 5.88. The Morgan fingerprint density at radius 2 is 1.77 bits per heavy atom. The molecule has 1 fully saturated rings. The van der Waals surface area contributed by atoms with Gasteiger partial charge in [0.2, 0.25) is 0 Å². The van der Waals surface area contributed by atoms with E-state index in [1.807, 2.05) is 0 Å². The summed E-state index contributed by atoms with van der Waals surface area (Å²) in [6, 6.07) is 4.07. The van der Waals surface area contributed by atoms with E-state index < -0.39 is 57.1 Å². The zero-order valence-electron chi connectivity index (χ0n) is 17.7. The van der Waals surface area contributed by atoms with Crippen LogP contribution in [0.4, 0.5) is 5.69 Å². The van der Waals surface area contributed by atoms with Crippen LogP contribution in [0, 0.1) is 10.1 Å². The molecule has 1 heterocycles. The van der Waals surface area contributed by atoms with Crippen LogP contribution in [0.3, 0.4) is 0 Å². The second-order valence-corrected chi connectivity index (χ2v) is 8.90. The molecule has 0 saturated carbocycles. The van der Waals surface area contributed by atoms with Crippen molar-refractivity contribution in [1.29, 1.82) is 0 Å². The molecular weight excluding hydrogens is 503 g/mol. The van der Waals surface area contributed by atoms with E-state index in [9.17, 15) is 37.7 Å². The van der Waals surface area contributed by atoms with Crippen LogP contribution in [0.15, 0.2) is 18.2 Å². The summed E-state index contributed by atoms with van der Waals surface area (Å²) in [5.74, 6) is -3.95. The van der Waals surface area contributed by atoms with Crippen LogP contribution in [-0.2, 0) is 52.1 Å². The normalized spacial score (nSPS) is 15.5. The fourth-order valence-electron chi connectivity index (χ4n) is 3.01. The first-order valence-electron chi connectivity index (χ1n) is 10.0. The van der Waals surface area contributed by atoms with Gasteiger partial charge in [-0.05, 0) is 24.5 Å². The number of esters is 1. The third kappa shape index (κ3) is 8.94. The van der Waals surface area contributed by atoms with Gasteiger partial charge in [-0.3, -0.25) is 29.1 Å². The van der Waals surface area contributed by atoms with E-state index in [0.717, 1.165) is 0 Å². The predicted molar refractivity (Wildman–Crippen MR) is 117 cm³/mol. The summed E-state index contributed by atoms with van der Waals surface area (Å²) >= 11 is 0. The number of hydrogen-bond acceptors (Lipinski definition) is 11. The summed E-state index contributed by atoms with van der Waals surface area (Å²) in [5, 5.41) is 18.1. The quantitative estimate of drug-likeness (QED) is 0.0696. The number of nitrogens with zero attached hydrogens (tertiary/aromatic N) is 2. The van der Waals surface area contributed by atoms with Crippen molar-refractivity contribution in [2.45, 2.75) is 57.0 Å². The van der Waals surface area contributed by atoms with Crippen molar-refractivity contribution in [3.05, 3.63) is 39.4 Å². The van der Waals surface area contributed by atoms with Crippen LogP contribution in [0.25, 0.3) is 0 Å². The maximum absolute atomic E-state index is 11.8. The van der Waals surface area contributed by atoms with Crippen molar-refractivity contribution >= 4 is 69.1 Å². The number of nitro groups is 1. The Bertz CT molecular complexity index is 1090. The minimum absolute atomic E-state index is 0. The first-order valence-corrected chi connectivity index (χ1v) is 11.5. The molecule has 1 aliphatic rings. The summed E-state index contributed by atoms with van der Waals surface area (Å²) in [4.78, 5) is 62.0. The molecule has 0 aromatic heterocycles. The molecule has 1 saturated heterocycles. The molecule has 1 aromatic carbocycles. The van der Waals surface area contributed by atoms with Crippen LogP contribution >= 0.6 is 0 Å². The van der Waals surface area contributed by atoms with Gasteiger partial charge in [0.15, 0.2) is 5.25 Å². The van der Waals surface area contributed by atoms with E-state index in [2.05, 4.69) is 4.84 Å². The van der Waals surface area contributed by atoms with Crippen molar-refractivity contribution in [1.82, 2.24) is 5.06 Å². The molecule has 1 unspecified atom stereocenters. The number of aliphatic hydroxyl groups excluding tert-OH is 1. The van der Waals surface area contributed by atoms with Gasteiger partial charge in [-0.15, -0.1) is 5.06 Å². The van der Waals surface area contributed by atoms with Crippen LogP contribution in [0.1, 0.15) is 49.7 Å². The summed E-state index contributed by atoms with van der Waals surface area (Å²) in [7, 11) is -4.80. The van der Waals surface area contributed by atoms with Crippen molar-refractivity contribution < 1.29 is 51.8 Å². The second-order valence-electron chi connectivity index (χ2n) is 7.30. The molecule has 188 valence electrons. The SMILES string of the molecule is O=C(CCCCCC(=O)ON1C(=O)CC(S(=O)(=O)O)C1=O)OCc1ccc(CO)c([N+](=O)[O-])c1.[NaH]. The fourth-order valence-corrected chi connectivity index (χ4v) is 3.72. The minimum atomic E-state index is -4.80.